The van der Waals surface area contributed by atoms with E-state index < -0.39 is 0 Å². The predicted octanol–water partition coefficient (Wildman–Crippen LogP) is 0.646. The van der Waals surface area contributed by atoms with Gasteiger partial charge >= 0.3 is 6.03 Å². The molecule has 0 aromatic rings. The van der Waals surface area contributed by atoms with Crippen LogP contribution in [0.1, 0.15) is 26.7 Å². The van der Waals surface area contributed by atoms with Crippen molar-refractivity contribution in [2.75, 3.05) is 26.2 Å². The first-order chi connectivity index (χ1) is 7.60. The van der Waals surface area contributed by atoms with Crippen LogP contribution in [0.3, 0.4) is 0 Å². The molecule has 1 rings (SSSR count). The third-order valence-electron chi connectivity index (χ3n) is 3.20. The first-order valence-corrected chi connectivity index (χ1v) is 5.93. The van der Waals surface area contributed by atoms with Gasteiger partial charge in [-0.1, -0.05) is 0 Å². The average molecular weight is 227 g/mol. The van der Waals surface area contributed by atoms with Crippen LogP contribution in [0.15, 0.2) is 0 Å². The summed E-state index contributed by atoms with van der Waals surface area (Å²) >= 11 is 0. The highest BCUT2D eigenvalue weighted by molar-refractivity contribution is 5.78. The number of piperidine rings is 1. The molecule has 0 aromatic heterocycles. The fourth-order valence-electron chi connectivity index (χ4n) is 2.05. The maximum atomic E-state index is 12.0. The molecule has 1 fully saturated rings. The summed E-state index contributed by atoms with van der Waals surface area (Å²) in [6.07, 6.45) is 1.39. The Balaban J connectivity index is 2.47. The lowest BCUT2D eigenvalue weighted by Gasteiger charge is -2.34. The van der Waals surface area contributed by atoms with Gasteiger partial charge in [0.25, 0.3) is 0 Å². The number of nitrogens with zero attached hydrogens (tertiary/aromatic N) is 2. The van der Waals surface area contributed by atoms with Crippen molar-refractivity contribution < 1.29 is 9.59 Å². The topological polar surface area (TPSA) is 66.6 Å². The van der Waals surface area contributed by atoms with E-state index in [0.717, 1.165) is 13.1 Å². The SMILES string of the molecule is CCN(CC)C(=O)N1CCC(C(N)=O)CC1. The zero-order chi connectivity index (χ0) is 12.1. The first kappa shape index (κ1) is 12.8. The second-order valence-corrected chi connectivity index (χ2v) is 4.12. The molecule has 92 valence electrons. The summed E-state index contributed by atoms with van der Waals surface area (Å²) in [6, 6.07) is 0.0768. The number of urea groups is 1. The Hall–Kier alpha value is -1.26. The molecule has 0 aromatic carbocycles. The Bertz CT molecular complexity index is 256. The molecule has 5 nitrogen and oxygen atoms in total. The lowest BCUT2D eigenvalue weighted by Crippen LogP contribution is -2.47. The molecule has 0 spiro atoms. The van der Waals surface area contributed by atoms with Gasteiger partial charge in [0.2, 0.25) is 5.91 Å². The standard InChI is InChI=1S/C11H21N3O2/c1-3-13(4-2)11(16)14-7-5-9(6-8-14)10(12)15/h9H,3-8H2,1-2H3,(H2,12,15). The third kappa shape index (κ3) is 2.87. The predicted molar refractivity (Wildman–Crippen MR) is 61.8 cm³/mol. The van der Waals surface area contributed by atoms with Gasteiger partial charge in [0.15, 0.2) is 0 Å². The minimum atomic E-state index is -0.241. The number of primary amides is 1. The Kier molecular flexibility index (Phi) is 4.58. The molecule has 1 aliphatic rings. The second-order valence-electron chi connectivity index (χ2n) is 4.12. The van der Waals surface area contributed by atoms with E-state index >= 15 is 0 Å². The van der Waals surface area contributed by atoms with Crippen LogP contribution in [0.4, 0.5) is 4.79 Å². The van der Waals surface area contributed by atoms with E-state index in [1.54, 1.807) is 4.90 Å². The van der Waals surface area contributed by atoms with Crippen LogP contribution in [0.5, 0.6) is 0 Å². The van der Waals surface area contributed by atoms with Crippen molar-refractivity contribution in [3.8, 4) is 0 Å². The van der Waals surface area contributed by atoms with Gasteiger partial charge in [-0.2, -0.15) is 0 Å². The highest BCUT2D eigenvalue weighted by Gasteiger charge is 2.27. The van der Waals surface area contributed by atoms with Gasteiger partial charge in [0.05, 0.1) is 0 Å². The van der Waals surface area contributed by atoms with Crippen LogP contribution in [-0.2, 0) is 4.79 Å². The Morgan fingerprint density at radius 1 is 1.25 bits per heavy atom. The van der Waals surface area contributed by atoms with E-state index in [1.165, 1.54) is 0 Å². The molecule has 3 amide bonds. The molecule has 16 heavy (non-hydrogen) atoms. The third-order valence-corrected chi connectivity index (χ3v) is 3.20. The van der Waals surface area contributed by atoms with Gasteiger partial charge in [-0.25, -0.2) is 4.79 Å². The summed E-state index contributed by atoms with van der Waals surface area (Å²) < 4.78 is 0. The van der Waals surface area contributed by atoms with E-state index in [0.29, 0.717) is 25.9 Å². The number of hydrogen-bond acceptors (Lipinski definition) is 2. The molecule has 0 radical (unpaired) electrons. The van der Waals surface area contributed by atoms with Crippen LogP contribution >= 0.6 is 0 Å². The smallest absolute Gasteiger partial charge is 0.319 e. The quantitative estimate of drug-likeness (QED) is 0.769. The molecule has 0 atom stereocenters. The van der Waals surface area contributed by atoms with Gasteiger partial charge in [-0.15, -0.1) is 0 Å². The number of nitrogens with two attached hydrogens (primary N) is 1. The van der Waals surface area contributed by atoms with Crippen molar-refractivity contribution >= 4 is 11.9 Å². The maximum absolute atomic E-state index is 12.0. The van der Waals surface area contributed by atoms with Crippen LogP contribution in [-0.4, -0.2) is 47.9 Å². The summed E-state index contributed by atoms with van der Waals surface area (Å²) in [5, 5.41) is 0. The minimum absolute atomic E-state index is 0.0549. The molecule has 0 unspecified atom stereocenters. The second kappa shape index (κ2) is 5.72. The van der Waals surface area contributed by atoms with Crippen molar-refractivity contribution in [2.24, 2.45) is 11.7 Å². The molecule has 1 aliphatic heterocycles. The lowest BCUT2D eigenvalue weighted by molar-refractivity contribution is -0.123. The fraction of sp³-hybridized carbons (Fsp3) is 0.818. The van der Waals surface area contributed by atoms with Gasteiger partial charge < -0.3 is 15.5 Å². The molecule has 1 heterocycles. The van der Waals surface area contributed by atoms with Gasteiger partial charge in [0.1, 0.15) is 0 Å². The van der Waals surface area contributed by atoms with E-state index in [-0.39, 0.29) is 17.9 Å². The number of carbonyl (C=O) groups excluding carboxylic acids is 2. The molecule has 0 bridgehead atoms. The lowest BCUT2D eigenvalue weighted by atomic mass is 9.96. The Labute approximate surface area is 96.6 Å². The summed E-state index contributed by atoms with van der Waals surface area (Å²) in [7, 11) is 0. The van der Waals surface area contributed by atoms with Gasteiger partial charge in [0, 0.05) is 32.1 Å². The number of rotatable bonds is 3. The molecule has 2 N–H and O–H groups in total. The summed E-state index contributed by atoms with van der Waals surface area (Å²) in [5.74, 6) is -0.296. The normalized spacial score (nSPS) is 17.2. The van der Waals surface area contributed by atoms with Gasteiger partial charge in [-0.3, -0.25) is 4.79 Å². The van der Waals surface area contributed by atoms with Crippen LogP contribution in [0.25, 0.3) is 0 Å². The molecule has 0 saturated carbocycles. The Morgan fingerprint density at radius 3 is 2.12 bits per heavy atom. The van der Waals surface area contributed by atoms with Crippen LogP contribution in [0, 0.1) is 5.92 Å². The van der Waals surface area contributed by atoms with Crippen LogP contribution < -0.4 is 5.73 Å². The largest absolute Gasteiger partial charge is 0.369 e. The van der Waals surface area contributed by atoms with Crippen LogP contribution in [0.2, 0.25) is 0 Å². The fourth-order valence-corrected chi connectivity index (χ4v) is 2.05. The van der Waals surface area contributed by atoms with E-state index in [2.05, 4.69) is 0 Å². The zero-order valence-corrected chi connectivity index (χ0v) is 10.1. The zero-order valence-electron chi connectivity index (χ0n) is 10.1. The highest BCUT2D eigenvalue weighted by atomic mass is 16.2. The van der Waals surface area contributed by atoms with Crippen molar-refractivity contribution in [3.05, 3.63) is 0 Å². The molecule has 1 saturated heterocycles. The molecule has 0 aliphatic carbocycles. The van der Waals surface area contributed by atoms with Gasteiger partial charge in [-0.05, 0) is 26.7 Å². The number of carbonyl (C=O) groups is 2. The number of likely N-dealkylation sites (tertiary alicyclic amines) is 1. The van der Waals surface area contributed by atoms with E-state index in [4.69, 9.17) is 5.73 Å². The molecular weight excluding hydrogens is 206 g/mol. The van der Waals surface area contributed by atoms with Crippen molar-refractivity contribution in [2.45, 2.75) is 26.7 Å². The first-order valence-electron chi connectivity index (χ1n) is 5.93. The number of hydrogen-bond donors (Lipinski definition) is 1. The van der Waals surface area contributed by atoms with Crippen molar-refractivity contribution in [1.29, 1.82) is 0 Å². The summed E-state index contributed by atoms with van der Waals surface area (Å²) in [4.78, 5) is 26.6. The van der Waals surface area contributed by atoms with E-state index in [9.17, 15) is 9.59 Å². The summed E-state index contributed by atoms with van der Waals surface area (Å²) in [6.45, 7) is 6.68. The summed E-state index contributed by atoms with van der Waals surface area (Å²) in [5.41, 5.74) is 5.25. The monoisotopic (exact) mass is 227 g/mol. The Morgan fingerprint density at radius 2 is 1.75 bits per heavy atom. The molecule has 5 heteroatoms. The minimum Gasteiger partial charge on any atom is -0.369 e. The highest BCUT2D eigenvalue weighted by Crippen LogP contribution is 2.17. The number of amides is 3. The van der Waals surface area contributed by atoms with E-state index in [1.807, 2.05) is 18.7 Å². The maximum Gasteiger partial charge on any atom is 0.319 e. The van der Waals surface area contributed by atoms with Crippen molar-refractivity contribution in [1.82, 2.24) is 9.80 Å². The van der Waals surface area contributed by atoms with Crippen molar-refractivity contribution in [3.63, 3.8) is 0 Å². The molecular formula is C11H21N3O2. The average Bonchev–Trinajstić information content (AvgIpc) is 2.30.